The molecule has 3 aromatic rings. The van der Waals surface area contributed by atoms with Gasteiger partial charge in [0.2, 0.25) is 0 Å². The highest BCUT2D eigenvalue weighted by atomic mass is 14.9. The first-order chi connectivity index (χ1) is 10.8. The Labute approximate surface area is 130 Å². The zero-order valence-electron chi connectivity index (χ0n) is 12.6. The molecule has 3 rings (SSSR count). The van der Waals surface area contributed by atoms with Gasteiger partial charge in [-0.25, -0.2) is 4.98 Å². The van der Waals surface area contributed by atoms with Crippen LogP contribution in [-0.2, 0) is 0 Å². The molecule has 22 heavy (non-hydrogen) atoms. The predicted octanol–water partition coefficient (Wildman–Crippen LogP) is 4.22. The topological polar surface area (TPSA) is 51.8 Å². The summed E-state index contributed by atoms with van der Waals surface area (Å²) in [6, 6.07) is 20.1. The molecule has 0 aliphatic carbocycles. The number of aromatic nitrogens is 2. The summed E-state index contributed by atoms with van der Waals surface area (Å²) < 4.78 is 0. The van der Waals surface area contributed by atoms with Crippen molar-refractivity contribution in [3.63, 3.8) is 0 Å². The average Bonchev–Trinajstić information content (AvgIpc) is 2.62. The van der Waals surface area contributed by atoms with Gasteiger partial charge in [-0.15, -0.1) is 0 Å². The highest BCUT2D eigenvalue weighted by Gasteiger charge is 2.15. The summed E-state index contributed by atoms with van der Waals surface area (Å²) in [6.07, 6.45) is 2.64. The summed E-state index contributed by atoms with van der Waals surface area (Å²) in [4.78, 5) is 9.45. The first-order valence-electron chi connectivity index (χ1n) is 7.53. The van der Waals surface area contributed by atoms with Crippen molar-refractivity contribution in [1.29, 1.82) is 0 Å². The summed E-state index contributed by atoms with van der Waals surface area (Å²) in [5.74, 6) is 0. The van der Waals surface area contributed by atoms with Gasteiger partial charge in [0.15, 0.2) is 0 Å². The van der Waals surface area contributed by atoms with Crippen LogP contribution in [0.3, 0.4) is 0 Å². The lowest BCUT2D eigenvalue weighted by molar-refractivity contribution is 0.674. The predicted molar refractivity (Wildman–Crippen MR) is 90.1 cm³/mol. The molecule has 2 aromatic carbocycles. The van der Waals surface area contributed by atoms with E-state index in [1.807, 2.05) is 66.9 Å². The van der Waals surface area contributed by atoms with Gasteiger partial charge >= 0.3 is 0 Å². The molecule has 0 fully saturated rings. The SMILES string of the molecule is CC[C@H](N)c1ncc(-c2ccccc2)nc1-c1ccccc1. The second-order valence-corrected chi connectivity index (χ2v) is 5.24. The van der Waals surface area contributed by atoms with Crippen LogP contribution in [0, 0.1) is 0 Å². The van der Waals surface area contributed by atoms with Crippen molar-refractivity contribution in [3.8, 4) is 22.5 Å². The molecule has 0 aliphatic rings. The zero-order chi connectivity index (χ0) is 15.4. The molecule has 1 heterocycles. The third-order valence-corrected chi connectivity index (χ3v) is 3.71. The van der Waals surface area contributed by atoms with E-state index in [-0.39, 0.29) is 6.04 Å². The fourth-order valence-corrected chi connectivity index (χ4v) is 2.42. The van der Waals surface area contributed by atoms with Crippen molar-refractivity contribution in [2.75, 3.05) is 0 Å². The molecule has 3 heteroatoms. The maximum atomic E-state index is 6.22. The molecule has 110 valence electrons. The van der Waals surface area contributed by atoms with E-state index in [1.54, 1.807) is 0 Å². The molecule has 2 N–H and O–H groups in total. The molecule has 0 spiro atoms. The summed E-state index contributed by atoms with van der Waals surface area (Å²) >= 11 is 0. The standard InChI is InChI=1S/C19H19N3/c1-2-16(20)19-18(15-11-7-4-8-12-15)22-17(13-21-19)14-9-5-3-6-10-14/h3-13,16H,2,20H2,1H3/t16-/m0/s1. The lowest BCUT2D eigenvalue weighted by Gasteiger charge is -2.14. The van der Waals surface area contributed by atoms with Gasteiger partial charge in [-0.3, -0.25) is 4.98 Å². The molecule has 0 radical (unpaired) electrons. The van der Waals surface area contributed by atoms with Gasteiger partial charge in [-0.2, -0.15) is 0 Å². The third kappa shape index (κ3) is 2.90. The van der Waals surface area contributed by atoms with E-state index >= 15 is 0 Å². The quantitative estimate of drug-likeness (QED) is 0.782. The minimum Gasteiger partial charge on any atom is -0.323 e. The fraction of sp³-hybridized carbons (Fsp3) is 0.158. The van der Waals surface area contributed by atoms with Crippen molar-refractivity contribution in [3.05, 3.63) is 72.6 Å². The van der Waals surface area contributed by atoms with Crippen LogP contribution < -0.4 is 5.73 Å². The van der Waals surface area contributed by atoms with Gasteiger partial charge in [-0.1, -0.05) is 67.6 Å². The molecule has 3 nitrogen and oxygen atoms in total. The Kier molecular flexibility index (Phi) is 4.26. The van der Waals surface area contributed by atoms with Gasteiger partial charge in [0.05, 0.1) is 23.3 Å². The lowest BCUT2D eigenvalue weighted by atomic mass is 10.0. The van der Waals surface area contributed by atoms with E-state index in [9.17, 15) is 0 Å². The van der Waals surface area contributed by atoms with Gasteiger partial charge in [-0.05, 0) is 6.42 Å². The van der Waals surface area contributed by atoms with E-state index in [4.69, 9.17) is 10.7 Å². The highest BCUT2D eigenvalue weighted by molar-refractivity contribution is 5.67. The van der Waals surface area contributed by atoms with E-state index in [0.717, 1.165) is 34.6 Å². The fourth-order valence-electron chi connectivity index (χ4n) is 2.42. The molecule has 0 saturated carbocycles. The molecular formula is C19H19N3. The summed E-state index contributed by atoms with van der Waals surface area (Å²) in [5.41, 5.74) is 10.9. The van der Waals surface area contributed by atoms with Gasteiger partial charge in [0.1, 0.15) is 0 Å². The van der Waals surface area contributed by atoms with Crippen LogP contribution in [0.25, 0.3) is 22.5 Å². The molecule has 0 unspecified atom stereocenters. The Hall–Kier alpha value is -2.52. The van der Waals surface area contributed by atoms with E-state index in [1.165, 1.54) is 0 Å². The van der Waals surface area contributed by atoms with Gasteiger partial charge in [0.25, 0.3) is 0 Å². The number of nitrogens with zero attached hydrogens (tertiary/aromatic N) is 2. The van der Waals surface area contributed by atoms with Gasteiger partial charge < -0.3 is 5.73 Å². The Morgan fingerprint density at radius 1 is 0.909 bits per heavy atom. The van der Waals surface area contributed by atoms with E-state index in [2.05, 4.69) is 11.9 Å². The van der Waals surface area contributed by atoms with Crippen molar-refractivity contribution >= 4 is 0 Å². The Morgan fingerprint density at radius 2 is 1.50 bits per heavy atom. The molecular weight excluding hydrogens is 270 g/mol. The Morgan fingerprint density at radius 3 is 2.09 bits per heavy atom. The number of nitrogens with two attached hydrogens (primary N) is 1. The van der Waals surface area contributed by atoms with Crippen molar-refractivity contribution in [2.24, 2.45) is 5.73 Å². The largest absolute Gasteiger partial charge is 0.323 e. The third-order valence-electron chi connectivity index (χ3n) is 3.71. The van der Waals surface area contributed by atoms with Crippen LogP contribution in [-0.4, -0.2) is 9.97 Å². The monoisotopic (exact) mass is 289 g/mol. The first-order valence-corrected chi connectivity index (χ1v) is 7.53. The second-order valence-electron chi connectivity index (χ2n) is 5.24. The first kappa shape index (κ1) is 14.4. The minimum absolute atomic E-state index is 0.104. The smallest absolute Gasteiger partial charge is 0.0941 e. The van der Waals surface area contributed by atoms with Crippen molar-refractivity contribution in [1.82, 2.24) is 9.97 Å². The van der Waals surface area contributed by atoms with Crippen molar-refractivity contribution in [2.45, 2.75) is 19.4 Å². The molecule has 0 amide bonds. The number of rotatable bonds is 4. The summed E-state index contributed by atoms with van der Waals surface area (Å²) in [5, 5.41) is 0. The Balaban J connectivity index is 2.15. The van der Waals surface area contributed by atoms with Crippen LogP contribution in [0.15, 0.2) is 66.9 Å². The second kappa shape index (κ2) is 6.50. The Bertz CT molecular complexity index is 739. The van der Waals surface area contributed by atoms with Crippen LogP contribution >= 0.6 is 0 Å². The summed E-state index contributed by atoms with van der Waals surface area (Å²) in [6.45, 7) is 2.06. The minimum atomic E-state index is -0.104. The maximum absolute atomic E-state index is 6.22. The molecule has 0 saturated heterocycles. The van der Waals surface area contributed by atoms with Crippen LogP contribution in [0.5, 0.6) is 0 Å². The average molecular weight is 289 g/mol. The van der Waals surface area contributed by atoms with E-state index in [0.29, 0.717) is 0 Å². The molecule has 0 bridgehead atoms. The number of hydrogen-bond donors (Lipinski definition) is 1. The highest BCUT2D eigenvalue weighted by Crippen LogP contribution is 2.28. The lowest BCUT2D eigenvalue weighted by Crippen LogP contribution is -2.13. The number of benzene rings is 2. The molecule has 1 aromatic heterocycles. The maximum Gasteiger partial charge on any atom is 0.0941 e. The normalized spacial score (nSPS) is 12.1. The summed E-state index contributed by atoms with van der Waals surface area (Å²) in [7, 11) is 0. The molecule has 0 aliphatic heterocycles. The van der Waals surface area contributed by atoms with Crippen LogP contribution in [0.2, 0.25) is 0 Å². The van der Waals surface area contributed by atoms with Crippen LogP contribution in [0.4, 0.5) is 0 Å². The zero-order valence-corrected chi connectivity index (χ0v) is 12.6. The molecule has 1 atom stereocenters. The van der Waals surface area contributed by atoms with Crippen molar-refractivity contribution < 1.29 is 0 Å². The van der Waals surface area contributed by atoms with E-state index < -0.39 is 0 Å². The van der Waals surface area contributed by atoms with Gasteiger partial charge in [0, 0.05) is 17.2 Å². The van der Waals surface area contributed by atoms with Crippen LogP contribution in [0.1, 0.15) is 25.1 Å². The number of hydrogen-bond acceptors (Lipinski definition) is 3.